The first kappa shape index (κ1) is 18.9. The fourth-order valence-corrected chi connectivity index (χ4v) is 3.29. The van der Waals surface area contributed by atoms with Gasteiger partial charge in [0.05, 0.1) is 29.8 Å². The molecule has 0 radical (unpaired) electrons. The highest BCUT2D eigenvalue weighted by atomic mass is 35.5. The Hall–Kier alpha value is -2.45. The third-order valence-corrected chi connectivity index (χ3v) is 4.80. The highest BCUT2D eigenvalue weighted by Crippen LogP contribution is 2.30. The molecule has 0 aliphatic rings. The van der Waals surface area contributed by atoms with Crippen LogP contribution in [0.3, 0.4) is 0 Å². The van der Waals surface area contributed by atoms with E-state index in [9.17, 15) is 13.2 Å². The first-order valence-electron chi connectivity index (χ1n) is 7.02. The number of nitrogens with one attached hydrogen (secondary N) is 1. The average molecular weight is 386 g/mol. The summed E-state index contributed by atoms with van der Waals surface area (Å²) in [7, 11) is -1.21. The number of esters is 1. The number of halogens is 1. The number of carbonyl (C=O) groups is 1. The van der Waals surface area contributed by atoms with Gasteiger partial charge in [0.1, 0.15) is 11.5 Å². The van der Waals surface area contributed by atoms with Crippen molar-refractivity contribution >= 4 is 33.3 Å². The maximum Gasteiger partial charge on any atom is 0.343 e. The van der Waals surface area contributed by atoms with Crippen LogP contribution in [-0.4, -0.2) is 35.2 Å². The molecule has 0 aromatic heterocycles. The van der Waals surface area contributed by atoms with Gasteiger partial charge in [0.25, 0.3) is 10.0 Å². The zero-order valence-corrected chi connectivity index (χ0v) is 15.1. The normalized spacial score (nSPS) is 10.8. The monoisotopic (exact) mass is 385 g/mol. The number of rotatable bonds is 7. The highest BCUT2D eigenvalue weighted by Gasteiger charge is 2.18. The van der Waals surface area contributed by atoms with Crippen molar-refractivity contribution < 1.29 is 27.4 Å². The molecule has 9 heteroatoms. The lowest BCUT2D eigenvalue weighted by molar-refractivity contribution is -0.142. The molecule has 2 aromatic rings. The van der Waals surface area contributed by atoms with Gasteiger partial charge >= 0.3 is 5.97 Å². The van der Waals surface area contributed by atoms with Gasteiger partial charge in [0.2, 0.25) is 0 Å². The van der Waals surface area contributed by atoms with Crippen LogP contribution in [0.5, 0.6) is 11.5 Å². The molecule has 0 saturated heterocycles. The largest absolute Gasteiger partial charge is 0.495 e. The van der Waals surface area contributed by atoms with Crippen LogP contribution in [0.2, 0.25) is 5.02 Å². The van der Waals surface area contributed by atoms with Crippen molar-refractivity contribution in [2.75, 3.05) is 25.5 Å². The van der Waals surface area contributed by atoms with Crippen LogP contribution >= 0.6 is 11.6 Å². The molecular weight excluding hydrogens is 370 g/mol. The third-order valence-electron chi connectivity index (χ3n) is 3.14. The summed E-state index contributed by atoms with van der Waals surface area (Å²) in [4.78, 5) is 11.0. The minimum Gasteiger partial charge on any atom is -0.495 e. The summed E-state index contributed by atoms with van der Waals surface area (Å²) >= 11 is 6.03. The van der Waals surface area contributed by atoms with E-state index in [0.29, 0.717) is 11.4 Å². The summed E-state index contributed by atoms with van der Waals surface area (Å²) in [6.45, 7) is -0.332. The first-order valence-corrected chi connectivity index (χ1v) is 8.88. The van der Waals surface area contributed by atoms with Gasteiger partial charge in [-0.15, -0.1) is 0 Å². The summed E-state index contributed by atoms with van der Waals surface area (Å²) in [6, 6.07) is 10.5. The lowest BCUT2D eigenvalue weighted by Gasteiger charge is -2.13. The maximum absolute atomic E-state index is 12.5. The lowest BCUT2D eigenvalue weighted by atomic mass is 10.3. The van der Waals surface area contributed by atoms with Crippen molar-refractivity contribution in [3.05, 3.63) is 47.5 Å². The predicted molar refractivity (Wildman–Crippen MR) is 92.8 cm³/mol. The Morgan fingerprint density at radius 1 is 1.12 bits per heavy atom. The number of hydrogen-bond acceptors (Lipinski definition) is 6. The van der Waals surface area contributed by atoms with E-state index >= 15 is 0 Å². The minimum absolute atomic E-state index is 0.0480. The van der Waals surface area contributed by atoms with Crippen molar-refractivity contribution in [2.45, 2.75) is 4.90 Å². The second kappa shape index (κ2) is 8.09. The fourth-order valence-electron chi connectivity index (χ4n) is 1.89. The number of anilines is 1. The number of para-hydroxylation sites is 2. The molecule has 0 spiro atoms. The molecule has 0 fully saturated rings. The molecule has 0 aliphatic heterocycles. The molecule has 0 amide bonds. The van der Waals surface area contributed by atoms with E-state index in [2.05, 4.69) is 9.46 Å². The van der Waals surface area contributed by atoms with Crippen molar-refractivity contribution in [2.24, 2.45) is 0 Å². The summed E-state index contributed by atoms with van der Waals surface area (Å²) in [5.74, 6) is -0.0240. The van der Waals surface area contributed by atoms with E-state index in [4.69, 9.17) is 21.1 Å². The Labute approximate surface area is 150 Å². The SMILES string of the molecule is COC(=O)COc1ccc(S(=O)(=O)Nc2ccccc2OC)cc1Cl. The van der Waals surface area contributed by atoms with Gasteiger partial charge in [-0.25, -0.2) is 13.2 Å². The van der Waals surface area contributed by atoms with Crippen LogP contribution in [0.1, 0.15) is 0 Å². The highest BCUT2D eigenvalue weighted by molar-refractivity contribution is 7.92. The topological polar surface area (TPSA) is 90.9 Å². The van der Waals surface area contributed by atoms with Gasteiger partial charge in [-0.05, 0) is 30.3 Å². The molecule has 2 aromatic carbocycles. The Balaban J connectivity index is 2.22. The van der Waals surface area contributed by atoms with Gasteiger partial charge in [-0.3, -0.25) is 4.72 Å². The Kier molecular flexibility index (Phi) is 6.11. The van der Waals surface area contributed by atoms with Crippen LogP contribution in [-0.2, 0) is 19.6 Å². The van der Waals surface area contributed by atoms with Gasteiger partial charge < -0.3 is 14.2 Å². The molecule has 7 nitrogen and oxygen atoms in total. The van der Waals surface area contributed by atoms with E-state index < -0.39 is 16.0 Å². The minimum atomic E-state index is -3.88. The molecule has 1 N–H and O–H groups in total. The van der Waals surface area contributed by atoms with Crippen LogP contribution in [0.25, 0.3) is 0 Å². The van der Waals surface area contributed by atoms with E-state index in [1.54, 1.807) is 24.3 Å². The number of methoxy groups -OCH3 is 2. The standard InChI is InChI=1S/C16H16ClNO6S/c1-22-15-6-4-3-5-13(15)18-25(20,21)11-7-8-14(12(17)9-11)24-10-16(19)23-2/h3-9,18H,10H2,1-2H3. The number of hydrogen-bond donors (Lipinski definition) is 1. The zero-order valence-electron chi connectivity index (χ0n) is 13.5. The van der Waals surface area contributed by atoms with E-state index in [0.717, 1.165) is 0 Å². The van der Waals surface area contributed by atoms with Gasteiger partial charge in [0, 0.05) is 0 Å². The molecule has 0 atom stereocenters. The molecular formula is C16H16ClNO6S. The van der Waals surface area contributed by atoms with Crippen LogP contribution < -0.4 is 14.2 Å². The molecule has 0 heterocycles. The summed E-state index contributed by atoms with van der Waals surface area (Å²) in [5, 5.41) is 0.0480. The van der Waals surface area contributed by atoms with Crippen molar-refractivity contribution in [3.8, 4) is 11.5 Å². The summed E-state index contributed by atoms with van der Waals surface area (Å²) < 4.78 is 42.2. The van der Waals surface area contributed by atoms with Crippen LogP contribution in [0.15, 0.2) is 47.4 Å². The first-order chi connectivity index (χ1) is 11.9. The lowest BCUT2D eigenvalue weighted by Crippen LogP contribution is -2.14. The smallest absolute Gasteiger partial charge is 0.343 e. The number of benzene rings is 2. The number of carbonyl (C=O) groups excluding carboxylic acids is 1. The van der Waals surface area contributed by atoms with Gasteiger partial charge in [0.15, 0.2) is 6.61 Å². The molecule has 0 unspecified atom stereocenters. The van der Waals surface area contributed by atoms with Crippen LogP contribution in [0, 0.1) is 0 Å². The number of sulfonamides is 1. The Bertz CT molecular complexity index is 869. The maximum atomic E-state index is 12.5. The summed E-state index contributed by atoms with van der Waals surface area (Å²) in [5.41, 5.74) is 0.298. The molecule has 2 rings (SSSR count). The molecule has 0 saturated carbocycles. The van der Waals surface area contributed by atoms with E-state index in [1.807, 2.05) is 0 Å². The quantitative estimate of drug-likeness (QED) is 0.737. The van der Waals surface area contributed by atoms with Gasteiger partial charge in [-0.1, -0.05) is 23.7 Å². The average Bonchev–Trinajstić information content (AvgIpc) is 2.60. The zero-order chi connectivity index (χ0) is 18.4. The second-order valence-corrected chi connectivity index (χ2v) is 6.85. The fraction of sp³-hybridized carbons (Fsp3) is 0.188. The summed E-state index contributed by atoms with van der Waals surface area (Å²) in [6.07, 6.45) is 0. The molecule has 25 heavy (non-hydrogen) atoms. The van der Waals surface area contributed by atoms with E-state index in [1.165, 1.54) is 32.4 Å². The second-order valence-electron chi connectivity index (χ2n) is 4.76. The van der Waals surface area contributed by atoms with Crippen molar-refractivity contribution in [1.82, 2.24) is 0 Å². The molecule has 0 bridgehead atoms. The van der Waals surface area contributed by atoms with E-state index in [-0.39, 0.29) is 22.3 Å². The Morgan fingerprint density at radius 3 is 2.48 bits per heavy atom. The Morgan fingerprint density at radius 2 is 1.84 bits per heavy atom. The van der Waals surface area contributed by atoms with Crippen molar-refractivity contribution in [3.63, 3.8) is 0 Å². The third kappa shape index (κ3) is 4.77. The predicted octanol–water partition coefficient (Wildman–Crippen LogP) is 2.70. The number of ether oxygens (including phenoxy) is 3. The van der Waals surface area contributed by atoms with Gasteiger partial charge in [-0.2, -0.15) is 0 Å². The molecule has 0 aliphatic carbocycles. The van der Waals surface area contributed by atoms with Crippen molar-refractivity contribution in [1.29, 1.82) is 0 Å². The van der Waals surface area contributed by atoms with Crippen LogP contribution in [0.4, 0.5) is 5.69 Å². The molecule has 134 valence electrons.